The van der Waals surface area contributed by atoms with Gasteiger partial charge in [0, 0.05) is 27.1 Å². The Balaban J connectivity index is 2.40. The summed E-state index contributed by atoms with van der Waals surface area (Å²) in [5, 5.41) is 2.72. The van der Waals surface area contributed by atoms with Crippen molar-refractivity contribution in [1.82, 2.24) is 4.98 Å². The molecular formula is C15H8FNS. The number of aromatic nitrogens is 1. The first kappa shape index (κ1) is 9.97. The van der Waals surface area contributed by atoms with Gasteiger partial charge in [-0.1, -0.05) is 24.3 Å². The second kappa shape index (κ2) is 3.50. The molecule has 2 aromatic heterocycles. The molecule has 0 saturated carbocycles. The lowest BCUT2D eigenvalue weighted by Crippen LogP contribution is -1.80. The summed E-state index contributed by atoms with van der Waals surface area (Å²) in [5.74, 6) is -0.157. The highest BCUT2D eigenvalue weighted by molar-refractivity contribution is 7.26. The lowest BCUT2D eigenvalue weighted by Gasteiger charge is -1.99. The van der Waals surface area contributed by atoms with E-state index in [1.165, 1.54) is 6.07 Å². The number of hydrogen-bond acceptors (Lipinski definition) is 2. The van der Waals surface area contributed by atoms with Crippen LogP contribution in [0, 0.1) is 5.82 Å². The highest BCUT2D eigenvalue weighted by Crippen LogP contribution is 2.38. The first-order chi connectivity index (χ1) is 8.84. The molecule has 0 aliphatic rings. The molecule has 0 unspecified atom stereocenters. The van der Waals surface area contributed by atoms with E-state index in [-0.39, 0.29) is 5.82 Å². The Labute approximate surface area is 107 Å². The largest absolute Gasteiger partial charge is 0.255 e. The standard InChI is InChI=1S/C15H8FNS/c16-10-5-3-7-12-15(10)14-9-4-1-2-6-11(9)17-8-13(14)18-12/h1-8H. The smallest absolute Gasteiger partial charge is 0.132 e. The molecule has 2 aromatic carbocycles. The number of pyridine rings is 1. The molecule has 4 aromatic rings. The fourth-order valence-corrected chi connectivity index (χ4v) is 3.51. The molecule has 0 N–H and O–H groups in total. The molecule has 0 aliphatic carbocycles. The summed E-state index contributed by atoms with van der Waals surface area (Å²) in [5.41, 5.74) is 0.910. The van der Waals surface area contributed by atoms with E-state index in [1.807, 2.05) is 36.5 Å². The maximum Gasteiger partial charge on any atom is 0.132 e. The second-order valence-electron chi connectivity index (χ2n) is 4.23. The van der Waals surface area contributed by atoms with Crippen molar-refractivity contribution in [3.8, 4) is 0 Å². The molecule has 4 rings (SSSR count). The highest BCUT2D eigenvalue weighted by Gasteiger charge is 2.12. The van der Waals surface area contributed by atoms with Crippen LogP contribution >= 0.6 is 11.3 Å². The molecule has 1 nitrogen and oxygen atoms in total. The van der Waals surface area contributed by atoms with Gasteiger partial charge >= 0.3 is 0 Å². The van der Waals surface area contributed by atoms with Crippen molar-refractivity contribution < 1.29 is 4.39 Å². The number of hydrogen-bond donors (Lipinski definition) is 0. The van der Waals surface area contributed by atoms with Gasteiger partial charge in [0.25, 0.3) is 0 Å². The minimum Gasteiger partial charge on any atom is -0.255 e. The van der Waals surface area contributed by atoms with Crippen LogP contribution in [0.1, 0.15) is 0 Å². The van der Waals surface area contributed by atoms with Gasteiger partial charge in [-0.25, -0.2) is 4.39 Å². The number of rotatable bonds is 0. The van der Waals surface area contributed by atoms with E-state index >= 15 is 0 Å². The van der Waals surface area contributed by atoms with Crippen molar-refractivity contribution in [2.45, 2.75) is 0 Å². The molecule has 2 heterocycles. The molecule has 18 heavy (non-hydrogen) atoms. The number of halogens is 1. The summed E-state index contributed by atoms with van der Waals surface area (Å²) in [6.45, 7) is 0. The summed E-state index contributed by atoms with van der Waals surface area (Å²) < 4.78 is 16.1. The van der Waals surface area contributed by atoms with Gasteiger partial charge in [-0.15, -0.1) is 11.3 Å². The summed E-state index contributed by atoms with van der Waals surface area (Å²) in [4.78, 5) is 4.42. The first-order valence-electron chi connectivity index (χ1n) is 5.69. The lowest BCUT2D eigenvalue weighted by atomic mass is 10.1. The zero-order valence-electron chi connectivity index (χ0n) is 9.35. The van der Waals surface area contributed by atoms with Gasteiger partial charge in [-0.2, -0.15) is 0 Å². The van der Waals surface area contributed by atoms with E-state index in [4.69, 9.17) is 0 Å². The highest BCUT2D eigenvalue weighted by atomic mass is 32.1. The van der Waals surface area contributed by atoms with Crippen LogP contribution in [-0.2, 0) is 0 Å². The monoisotopic (exact) mass is 253 g/mol. The van der Waals surface area contributed by atoms with Gasteiger partial charge in [-0.05, 0) is 18.2 Å². The zero-order chi connectivity index (χ0) is 12.1. The SMILES string of the molecule is Fc1cccc2sc3cnc4ccccc4c3c12. The van der Waals surface area contributed by atoms with Crippen LogP contribution < -0.4 is 0 Å². The van der Waals surface area contributed by atoms with E-state index in [0.29, 0.717) is 0 Å². The normalized spacial score (nSPS) is 11.6. The van der Waals surface area contributed by atoms with Crippen LogP contribution in [0.3, 0.4) is 0 Å². The number of nitrogens with zero attached hydrogens (tertiary/aromatic N) is 1. The summed E-state index contributed by atoms with van der Waals surface area (Å²) >= 11 is 1.59. The Morgan fingerprint density at radius 3 is 2.72 bits per heavy atom. The predicted molar refractivity (Wildman–Crippen MR) is 74.6 cm³/mol. The minimum absolute atomic E-state index is 0.157. The number of thiophene rings is 1. The fourth-order valence-electron chi connectivity index (χ4n) is 2.41. The quantitative estimate of drug-likeness (QED) is 0.441. The van der Waals surface area contributed by atoms with Crippen LogP contribution in [0.4, 0.5) is 4.39 Å². The maximum atomic E-state index is 14.1. The van der Waals surface area contributed by atoms with Crippen LogP contribution in [0.5, 0.6) is 0 Å². The van der Waals surface area contributed by atoms with E-state index in [1.54, 1.807) is 17.4 Å². The van der Waals surface area contributed by atoms with Crippen molar-refractivity contribution in [2.75, 3.05) is 0 Å². The van der Waals surface area contributed by atoms with Gasteiger partial charge in [0.1, 0.15) is 5.82 Å². The second-order valence-corrected chi connectivity index (χ2v) is 5.31. The van der Waals surface area contributed by atoms with Crippen molar-refractivity contribution >= 4 is 42.4 Å². The fraction of sp³-hybridized carbons (Fsp3) is 0. The van der Waals surface area contributed by atoms with Crippen LogP contribution in [0.25, 0.3) is 31.1 Å². The van der Waals surface area contributed by atoms with Gasteiger partial charge in [0.2, 0.25) is 0 Å². The molecule has 0 bridgehead atoms. The zero-order valence-corrected chi connectivity index (χ0v) is 10.2. The van der Waals surface area contributed by atoms with E-state index in [9.17, 15) is 4.39 Å². The minimum atomic E-state index is -0.157. The average Bonchev–Trinajstić information content (AvgIpc) is 2.79. The summed E-state index contributed by atoms with van der Waals surface area (Å²) in [6, 6.07) is 13.1. The number of benzene rings is 2. The molecule has 0 spiro atoms. The number of fused-ring (bicyclic) bond motifs is 5. The van der Waals surface area contributed by atoms with Crippen molar-refractivity contribution in [3.05, 3.63) is 54.5 Å². The maximum absolute atomic E-state index is 14.1. The Morgan fingerprint density at radius 1 is 0.889 bits per heavy atom. The molecule has 0 amide bonds. The average molecular weight is 253 g/mol. The Morgan fingerprint density at radius 2 is 1.78 bits per heavy atom. The van der Waals surface area contributed by atoms with E-state index in [0.717, 1.165) is 31.1 Å². The third-order valence-electron chi connectivity index (χ3n) is 3.19. The molecule has 3 heteroatoms. The van der Waals surface area contributed by atoms with Gasteiger partial charge in [0.15, 0.2) is 0 Å². The lowest BCUT2D eigenvalue weighted by molar-refractivity contribution is 0.641. The molecule has 0 aliphatic heterocycles. The number of para-hydroxylation sites is 1. The third kappa shape index (κ3) is 1.22. The van der Waals surface area contributed by atoms with Crippen molar-refractivity contribution in [3.63, 3.8) is 0 Å². The van der Waals surface area contributed by atoms with Gasteiger partial charge in [0.05, 0.1) is 10.2 Å². The third-order valence-corrected chi connectivity index (χ3v) is 4.28. The Bertz CT molecular complexity index is 895. The summed E-state index contributed by atoms with van der Waals surface area (Å²) in [6.07, 6.45) is 1.84. The first-order valence-corrected chi connectivity index (χ1v) is 6.51. The van der Waals surface area contributed by atoms with Crippen molar-refractivity contribution in [1.29, 1.82) is 0 Å². The van der Waals surface area contributed by atoms with Gasteiger partial charge < -0.3 is 0 Å². The molecule has 0 fully saturated rings. The molecular weight excluding hydrogens is 245 g/mol. The van der Waals surface area contributed by atoms with Crippen LogP contribution in [0.15, 0.2) is 48.7 Å². The van der Waals surface area contributed by atoms with Crippen LogP contribution in [-0.4, -0.2) is 4.98 Å². The topological polar surface area (TPSA) is 12.9 Å². The van der Waals surface area contributed by atoms with E-state index < -0.39 is 0 Å². The van der Waals surface area contributed by atoms with Gasteiger partial charge in [-0.3, -0.25) is 4.98 Å². The predicted octanol–water partition coefficient (Wildman–Crippen LogP) is 4.74. The molecule has 0 radical (unpaired) electrons. The Kier molecular flexibility index (Phi) is 1.94. The van der Waals surface area contributed by atoms with Crippen LogP contribution in [0.2, 0.25) is 0 Å². The summed E-state index contributed by atoms with van der Waals surface area (Å²) in [7, 11) is 0. The van der Waals surface area contributed by atoms with E-state index in [2.05, 4.69) is 4.98 Å². The molecule has 0 atom stereocenters. The molecule has 86 valence electrons. The molecule has 0 saturated heterocycles. The van der Waals surface area contributed by atoms with Crippen molar-refractivity contribution in [2.24, 2.45) is 0 Å². The Hall–Kier alpha value is -2.00.